The van der Waals surface area contributed by atoms with Crippen LogP contribution in [0.4, 0.5) is 17.1 Å². The van der Waals surface area contributed by atoms with Gasteiger partial charge in [-0.25, -0.2) is 0 Å². The molecule has 1 heterocycles. The minimum Gasteiger partial charge on any atom is -0.366 e. The van der Waals surface area contributed by atoms with Gasteiger partial charge in [-0.05, 0) is 24.3 Å². The van der Waals surface area contributed by atoms with E-state index in [0.29, 0.717) is 31.7 Å². The third kappa shape index (κ3) is 4.84. The zero-order valence-corrected chi connectivity index (χ0v) is 18.4. The number of nitro groups is 1. The van der Waals surface area contributed by atoms with E-state index in [2.05, 4.69) is 4.90 Å². The Morgan fingerprint density at radius 1 is 0.968 bits per heavy atom. The molecule has 0 N–H and O–H groups in total. The molecule has 1 aliphatic rings. The summed E-state index contributed by atoms with van der Waals surface area (Å²) in [5.41, 5.74) is 1.59. The van der Waals surface area contributed by atoms with E-state index in [1.54, 1.807) is 11.9 Å². The fourth-order valence-electron chi connectivity index (χ4n) is 3.67. The molecule has 0 aromatic heterocycles. The Labute approximate surface area is 182 Å². The lowest BCUT2D eigenvalue weighted by molar-refractivity contribution is -0.384. The molecule has 0 aliphatic carbocycles. The zero-order valence-electron chi connectivity index (χ0n) is 18.4. The van der Waals surface area contributed by atoms with Crippen molar-refractivity contribution in [3.05, 3.63) is 64.2 Å². The van der Waals surface area contributed by atoms with Gasteiger partial charge in [0.2, 0.25) is 5.91 Å². The van der Waals surface area contributed by atoms with Crippen molar-refractivity contribution in [3.8, 4) is 0 Å². The van der Waals surface area contributed by atoms with Crippen LogP contribution in [0.15, 0.2) is 48.5 Å². The number of non-ortho nitro benzene ring substituents is 1. The van der Waals surface area contributed by atoms with Gasteiger partial charge in [-0.3, -0.25) is 19.7 Å². The summed E-state index contributed by atoms with van der Waals surface area (Å²) in [6, 6.07) is 13.2. The molecule has 0 spiro atoms. The number of hydrogen-bond donors (Lipinski definition) is 0. The van der Waals surface area contributed by atoms with Crippen LogP contribution in [0.3, 0.4) is 0 Å². The number of anilines is 2. The molecule has 31 heavy (non-hydrogen) atoms. The minimum absolute atomic E-state index is 0.0534. The summed E-state index contributed by atoms with van der Waals surface area (Å²) in [4.78, 5) is 41.6. The molecule has 2 aromatic rings. The van der Waals surface area contributed by atoms with Crippen molar-refractivity contribution >= 4 is 28.9 Å². The Hall–Kier alpha value is -3.42. The first kappa shape index (κ1) is 22.3. The second-order valence-corrected chi connectivity index (χ2v) is 8.69. The number of nitro benzene ring substituents is 1. The van der Waals surface area contributed by atoms with E-state index in [4.69, 9.17) is 0 Å². The number of benzene rings is 2. The number of carbonyl (C=O) groups excluding carboxylic acids is 2. The molecule has 3 rings (SSSR count). The van der Waals surface area contributed by atoms with Gasteiger partial charge in [0.05, 0.1) is 16.3 Å². The third-order valence-electron chi connectivity index (χ3n) is 5.42. The normalized spacial score (nSPS) is 14.3. The lowest BCUT2D eigenvalue weighted by atomic mass is 9.94. The summed E-state index contributed by atoms with van der Waals surface area (Å²) >= 11 is 0. The summed E-state index contributed by atoms with van der Waals surface area (Å²) in [6.07, 6.45) is 0. The number of rotatable bonds is 4. The van der Waals surface area contributed by atoms with E-state index in [1.165, 1.54) is 24.3 Å². The van der Waals surface area contributed by atoms with Crippen LogP contribution in [0.2, 0.25) is 0 Å². The largest absolute Gasteiger partial charge is 0.366 e. The van der Waals surface area contributed by atoms with Gasteiger partial charge in [0.15, 0.2) is 0 Å². The maximum atomic E-state index is 13.0. The van der Waals surface area contributed by atoms with Gasteiger partial charge in [-0.1, -0.05) is 32.9 Å². The van der Waals surface area contributed by atoms with Crippen molar-refractivity contribution in [1.29, 1.82) is 0 Å². The average Bonchev–Trinajstić information content (AvgIpc) is 2.77. The Morgan fingerprint density at radius 2 is 1.55 bits per heavy atom. The van der Waals surface area contributed by atoms with Crippen LogP contribution in [0, 0.1) is 15.5 Å². The number of nitrogens with zero attached hydrogens (tertiary/aromatic N) is 4. The summed E-state index contributed by atoms with van der Waals surface area (Å²) in [6.45, 7) is 8.40. The second kappa shape index (κ2) is 8.75. The molecule has 164 valence electrons. The number of amides is 2. The van der Waals surface area contributed by atoms with E-state index in [0.717, 1.165) is 11.4 Å². The first-order valence-corrected chi connectivity index (χ1v) is 10.3. The van der Waals surface area contributed by atoms with Crippen molar-refractivity contribution < 1.29 is 14.5 Å². The number of hydrogen-bond acceptors (Lipinski definition) is 5. The summed E-state index contributed by atoms with van der Waals surface area (Å²) in [5.74, 6) is -0.102. The monoisotopic (exact) mass is 424 g/mol. The van der Waals surface area contributed by atoms with Crippen LogP contribution in [0.25, 0.3) is 0 Å². The highest BCUT2D eigenvalue weighted by Crippen LogP contribution is 2.31. The van der Waals surface area contributed by atoms with Gasteiger partial charge in [0, 0.05) is 56.3 Å². The van der Waals surface area contributed by atoms with Crippen molar-refractivity contribution in [1.82, 2.24) is 4.90 Å². The highest BCUT2D eigenvalue weighted by atomic mass is 16.6. The van der Waals surface area contributed by atoms with Crippen LogP contribution in [-0.4, -0.2) is 54.9 Å². The Kier molecular flexibility index (Phi) is 6.29. The summed E-state index contributed by atoms with van der Waals surface area (Å²) < 4.78 is 0. The van der Waals surface area contributed by atoms with E-state index in [9.17, 15) is 19.7 Å². The number of carbonyl (C=O) groups is 2. The molecule has 0 radical (unpaired) electrons. The average molecular weight is 425 g/mol. The molecule has 2 amide bonds. The smallest absolute Gasteiger partial charge is 0.269 e. The molecule has 1 fully saturated rings. The summed E-state index contributed by atoms with van der Waals surface area (Å²) in [7, 11) is 1.70. The standard InChI is InChI=1S/C23H28N4O4/c1-23(2,3)22(29)26-15-13-25(14-16-26)20-8-6-5-7-19(20)24(4)21(28)17-9-11-18(12-10-17)27(30)31/h5-12H,13-16H2,1-4H3. The highest BCUT2D eigenvalue weighted by Gasteiger charge is 2.30. The molecule has 0 saturated carbocycles. The van der Waals surface area contributed by atoms with E-state index in [-0.39, 0.29) is 17.5 Å². The fraction of sp³-hybridized carbons (Fsp3) is 0.391. The van der Waals surface area contributed by atoms with Crippen LogP contribution in [-0.2, 0) is 4.79 Å². The van der Waals surface area contributed by atoms with E-state index in [1.807, 2.05) is 49.9 Å². The molecule has 0 atom stereocenters. The van der Waals surface area contributed by atoms with Crippen molar-refractivity contribution in [2.45, 2.75) is 20.8 Å². The maximum absolute atomic E-state index is 13.0. The molecule has 0 bridgehead atoms. The minimum atomic E-state index is -0.489. The first-order chi connectivity index (χ1) is 14.6. The first-order valence-electron chi connectivity index (χ1n) is 10.3. The number of para-hydroxylation sites is 2. The molecular formula is C23H28N4O4. The highest BCUT2D eigenvalue weighted by molar-refractivity contribution is 6.07. The lowest BCUT2D eigenvalue weighted by Crippen LogP contribution is -2.52. The van der Waals surface area contributed by atoms with Crippen LogP contribution >= 0.6 is 0 Å². The molecule has 1 aliphatic heterocycles. The van der Waals surface area contributed by atoms with Gasteiger partial charge in [-0.2, -0.15) is 0 Å². The van der Waals surface area contributed by atoms with Gasteiger partial charge in [0.25, 0.3) is 11.6 Å². The van der Waals surface area contributed by atoms with Crippen molar-refractivity contribution in [2.75, 3.05) is 43.0 Å². The molecule has 1 saturated heterocycles. The summed E-state index contributed by atoms with van der Waals surface area (Å²) in [5, 5.41) is 10.9. The third-order valence-corrected chi connectivity index (χ3v) is 5.42. The quantitative estimate of drug-likeness (QED) is 0.553. The molecule has 8 nitrogen and oxygen atoms in total. The van der Waals surface area contributed by atoms with Gasteiger partial charge in [0.1, 0.15) is 0 Å². The van der Waals surface area contributed by atoms with E-state index < -0.39 is 10.3 Å². The van der Waals surface area contributed by atoms with Crippen LogP contribution in [0.1, 0.15) is 31.1 Å². The van der Waals surface area contributed by atoms with Crippen molar-refractivity contribution in [2.24, 2.45) is 5.41 Å². The zero-order chi connectivity index (χ0) is 22.8. The van der Waals surface area contributed by atoms with Crippen LogP contribution < -0.4 is 9.80 Å². The van der Waals surface area contributed by atoms with Crippen LogP contribution in [0.5, 0.6) is 0 Å². The Morgan fingerprint density at radius 3 is 2.10 bits per heavy atom. The van der Waals surface area contributed by atoms with Gasteiger partial charge < -0.3 is 14.7 Å². The Balaban J connectivity index is 1.77. The predicted molar refractivity (Wildman–Crippen MR) is 121 cm³/mol. The topological polar surface area (TPSA) is 87.0 Å². The maximum Gasteiger partial charge on any atom is 0.269 e. The fourth-order valence-corrected chi connectivity index (χ4v) is 3.67. The second-order valence-electron chi connectivity index (χ2n) is 8.69. The molecule has 0 unspecified atom stereocenters. The number of piperazine rings is 1. The van der Waals surface area contributed by atoms with Crippen molar-refractivity contribution in [3.63, 3.8) is 0 Å². The lowest BCUT2D eigenvalue weighted by Gasteiger charge is -2.39. The SMILES string of the molecule is CN(C(=O)c1ccc([N+](=O)[O-])cc1)c1ccccc1N1CCN(C(=O)C(C)(C)C)CC1. The molecular weight excluding hydrogens is 396 g/mol. The van der Waals surface area contributed by atoms with Gasteiger partial charge >= 0.3 is 0 Å². The predicted octanol–water partition coefficient (Wildman–Crippen LogP) is 3.57. The molecule has 2 aromatic carbocycles. The Bertz CT molecular complexity index is 974. The van der Waals surface area contributed by atoms with E-state index >= 15 is 0 Å². The van der Waals surface area contributed by atoms with Gasteiger partial charge in [-0.15, -0.1) is 0 Å². The molecule has 8 heteroatoms.